The van der Waals surface area contributed by atoms with Crippen molar-refractivity contribution >= 4 is 10.9 Å². The molecule has 0 unspecified atom stereocenters. The molecule has 1 saturated carbocycles. The molecule has 0 radical (unpaired) electrons. The van der Waals surface area contributed by atoms with Gasteiger partial charge < -0.3 is 5.73 Å². The zero-order valence-corrected chi connectivity index (χ0v) is 11.2. The molecule has 3 rings (SSSR count). The molecule has 0 atom stereocenters. The second-order valence-corrected chi connectivity index (χ2v) is 5.60. The van der Waals surface area contributed by atoms with Crippen molar-refractivity contribution in [3.63, 3.8) is 0 Å². The first-order valence-electron chi connectivity index (χ1n) is 6.81. The van der Waals surface area contributed by atoms with Crippen LogP contribution < -0.4 is 5.73 Å². The molecule has 1 fully saturated rings. The molecule has 0 aliphatic heterocycles. The Balaban J connectivity index is 2.28. The van der Waals surface area contributed by atoms with E-state index in [1.165, 1.54) is 42.1 Å². The summed E-state index contributed by atoms with van der Waals surface area (Å²) in [5, 5.41) is 5.89. The molecule has 1 heterocycles. The van der Waals surface area contributed by atoms with Gasteiger partial charge in [0.05, 0.1) is 11.2 Å². The average molecular weight is 243 g/mol. The highest BCUT2D eigenvalue weighted by atomic mass is 15.3. The van der Waals surface area contributed by atoms with Crippen LogP contribution in [-0.4, -0.2) is 16.3 Å². The maximum atomic E-state index is 6.12. The van der Waals surface area contributed by atoms with Gasteiger partial charge in [0, 0.05) is 24.4 Å². The molecule has 18 heavy (non-hydrogen) atoms. The minimum atomic E-state index is 0.188. The summed E-state index contributed by atoms with van der Waals surface area (Å²) in [7, 11) is 2.02. The fourth-order valence-corrected chi connectivity index (χ4v) is 3.60. The quantitative estimate of drug-likeness (QED) is 0.881. The number of hydrogen-bond acceptors (Lipinski definition) is 2. The van der Waals surface area contributed by atoms with Crippen molar-refractivity contribution in [2.24, 2.45) is 12.8 Å². The van der Waals surface area contributed by atoms with Gasteiger partial charge >= 0.3 is 0 Å². The summed E-state index contributed by atoms with van der Waals surface area (Å²) in [5.74, 6) is 0. The van der Waals surface area contributed by atoms with Gasteiger partial charge in [0.15, 0.2) is 0 Å². The van der Waals surface area contributed by atoms with Gasteiger partial charge in [-0.05, 0) is 31.4 Å². The van der Waals surface area contributed by atoms with Crippen LogP contribution in [0.1, 0.15) is 36.9 Å². The first-order valence-corrected chi connectivity index (χ1v) is 6.81. The van der Waals surface area contributed by atoms with Crippen LogP contribution in [0.2, 0.25) is 0 Å². The standard InChI is InChI=1S/C15H21N3/c1-11-14-12(15(10-16)8-3-4-9-15)6-5-7-13(14)18(2)17-11/h5-7H,3-4,8-10,16H2,1-2H3. The molecule has 0 spiro atoms. The minimum absolute atomic E-state index is 0.188. The molecule has 1 aliphatic rings. The molecular formula is C15H21N3. The number of hydrogen-bond donors (Lipinski definition) is 1. The number of fused-ring (bicyclic) bond motifs is 1. The number of nitrogens with zero attached hydrogens (tertiary/aromatic N) is 2. The summed E-state index contributed by atoms with van der Waals surface area (Å²) < 4.78 is 1.98. The molecule has 1 aromatic heterocycles. The zero-order valence-electron chi connectivity index (χ0n) is 11.2. The van der Waals surface area contributed by atoms with Gasteiger partial charge in [0.1, 0.15) is 0 Å². The molecule has 1 aromatic carbocycles. The van der Waals surface area contributed by atoms with E-state index in [0.29, 0.717) is 0 Å². The third-order valence-electron chi connectivity index (χ3n) is 4.58. The fourth-order valence-electron chi connectivity index (χ4n) is 3.60. The van der Waals surface area contributed by atoms with Crippen molar-refractivity contribution in [1.29, 1.82) is 0 Å². The van der Waals surface area contributed by atoms with E-state index in [1.807, 2.05) is 11.7 Å². The Bertz CT molecular complexity index is 577. The molecule has 1 aliphatic carbocycles. The fraction of sp³-hybridized carbons (Fsp3) is 0.533. The van der Waals surface area contributed by atoms with Gasteiger partial charge in [0.25, 0.3) is 0 Å². The molecule has 3 nitrogen and oxygen atoms in total. The summed E-state index contributed by atoms with van der Waals surface area (Å²) in [5.41, 5.74) is 10.1. The molecule has 3 heteroatoms. The maximum Gasteiger partial charge on any atom is 0.0684 e. The summed E-state index contributed by atoms with van der Waals surface area (Å²) in [6.45, 7) is 2.85. The van der Waals surface area contributed by atoms with E-state index in [-0.39, 0.29) is 5.41 Å². The van der Waals surface area contributed by atoms with E-state index in [9.17, 15) is 0 Å². The smallest absolute Gasteiger partial charge is 0.0684 e. The average Bonchev–Trinajstić information content (AvgIpc) is 2.97. The summed E-state index contributed by atoms with van der Waals surface area (Å²) in [6, 6.07) is 6.56. The lowest BCUT2D eigenvalue weighted by atomic mass is 9.77. The van der Waals surface area contributed by atoms with Crippen LogP contribution in [0.4, 0.5) is 0 Å². The third kappa shape index (κ3) is 1.50. The molecule has 0 saturated heterocycles. The Morgan fingerprint density at radius 3 is 2.72 bits per heavy atom. The van der Waals surface area contributed by atoms with Crippen molar-refractivity contribution < 1.29 is 0 Å². The Hall–Kier alpha value is -1.35. The lowest BCUT2D eigenvalue weighted by Gasteiger charge is -2.28. The van der Waals surface area contributed by atoms with Gasteiger partial charge in [-0.25, -0.2) is 0 Å². The monoisotopic (exact) mass is 243 g/mol. The highest BCUT2D eigenvalue weighted by Gasteiger charge is 2.36. The van der Waals surface area contributed by atoms with Gasteiger partial charge in [-0.1, -0.05) is 25.0 Å². The van der Waals surface area contributed by atoms with Crippen LogP contribution in [0.25, 0.3) is 10.9 Å². The number of aryl methyl sites for hydroxylation is 2. The lowest BCUT2D eigenvalue weighted by Crippen LogP contribution is -2.32. The minimum Gasteiger partial charge on any atom is -0.330 e. The van der Waals surface area contributed by atoms with E-state index in [2.05, 4.69) is 30.2 Å². The van der Waals surface area contributed by atoms with Crippen LogP contribution in [0.5, 0.6) is 0 Å². The van der Waals surface area contributed by atoms with Crippen LogP contribution in [0.3, 0.4) is 0 Å². The first kappa shape index (κ1) is 11.7. The van der Waals surface area contributed by atoms with E-state index in [1.54, 1.807) is 0 Å². The topological polar surface area (TPSA) is 43.8 Å². The molecular weight excluding hydrogens is 222 g/mol. The number of rotatable bonds is 2. The normalized spacial score (nSPS) is 18.6. The molecule has 2 aromatic rings. The van der Waals surface area contributed by atoms with Crippen LogP contribution >= 0.6 is 0 Å². The third-order valence-corrected chi connectivity index (χ3v) is 4.58. The van der Waals surface area contributed by atoms with Gasteiger partial charge in [-0.3, -0.25) is 4.68 Å². The van der Waals surface area contributed by atoms with E-state index in [4.69, 9.17) is 5.73 Å². The summed E-state index contributed by atoms with van der Waals surface area (Å²) >= 11 is 0. The first-order chi connectivity index (χ1) is 8.68. The van der Waals surface area contributed by atoms with Crippen molar-refractivity contribution in [2.45, 2.75) is 38.0 Å². The lowest BCUT2D eigenvalue weighted by molar-refractivity contribution is 0.457. The molecule has 0 amide bonds. The van der Waals surface area contributed by atoms with E-state index >= 15 is 0 Å². The second kappa shape index (κ2) is 4.09. The molecule has 0 bridgehead atoms. The van der Waals surface area contributed by atoms with E-state index < -0.39 is 0 Å². The van der Waals surface area contributed by atoms with Crippen molar-refractivity contribution in [3.8, 4) is 0 Å². The zero-order chi connectivity index (χ0) is 12.8. The number of nitrogens with two attached hydrogens (primary N) is 1. The van der Waals surface area contributed by atoms with Crippen LogP contribution in [-0.2, 0) is 12.5 Å². The number of aromatic nitrogens is 2. The summed E-state index contributed by atoms with van der Waals surface area (Å²) in [6.07, 6.45) is 5.04. The largest absolute Gasteiger partial charge is 0.330 e. The maximum absolute atomic E-state index is 6.12. The second-order valence-electron chi connectivity index (χ2n) is 5.60. The SMILES string of the molecule is Cc1nn(C)c2cccc(C3(CN)CCCC3)c12. The predicted octanol–water partition coefficient (Wildman–Crippen LogP) is 2.65. The van der Waals surface area contributed by atoms with E-state index in [0.717, 1.165) is 12.2 Å². The Labute approximate surface area is 108 Å². The van der Waals surface area contributed by atoms with Gasteiger partial charge in [-0.15, -0.1) is 0 Å². The van der Waals surface area contributed by atoms with Crippen molar-refractivity contribution in [3.05, 3.63) is 29.5 Å². The van der Waals surface area contributed by atoms with Crippen LogP contribution in [0.15, 0.2) is 18.2 Å². The summed E-state index contributed by atoms with van der Waals surface area (Å²) in [4.78, 5) is 0. The van der Waals surface area contributed by atoms with Crippen LogP contribution in [0, 0.1) is 6.92 Å². The van der Waals surface area contributed by atoms with Gasteiger partial charge in [0.2, 0.25) is 0 Å². The predicted molar refractivity (Wildman–Crippen MR) is 74.7 cm³/mol. The van der Waals surface area contributed by atoms with Crippen molar-refractivity contribution in [2.75, 3.05) is 6.54 Å². The highest BCUT2D eigenvalue weighted by Crippen LogP contribution is 2.43. The molecule has 96 valence electrons. The van der Waals surface area contributed by atoms with Gasteiger partial charge in [-0.2, -0.15) is 5.10 Å². The Morgan fingerprint density at radius 1 is 1.33 bits per heavy atom. The van der Waals surface area contributed by atoms with Crippen molar-refractivity contribution in [1.82, 2.24) is 9.78 Å². The highest BCUT2D eigenvalue weighted by molar-refractivity contribution is 5.86. The number of benzene rings is 1. The molecule has 2 N–H and O–H groups in total. The Morgan fingerprint density at radius 2 is 2.06 bits per heavy atom. The Kier molecular flexibility index (Phi) is 2.67.